The van der Waals surface area contributed by atoms with Crippen molar-refractivity contribution in [2.45, 2.75) is 13.5 Å². The van der Waals surface area contributed by atoms with Crippen molar-refractivity contribution < 1.29 is 4.74 Å². The number of hydrogen-bond donors (Lipinski definition) is 1. The Morgan fingerprint density at radius 3 is 2.87 bits per heavy atom. The molecule has 0 bridgehead atoms. The summed E-state index contributed by atoms with van der Waals surface area (Å²) in [5.41, 5.74) is 11.4. The van der Waals surface area contributed by atoms with Gasteiger partial charge in [-0.3, -0.25) is 0 Å². The largest absolute Gasteiger partial charge is 0.491 e. The lowest BCUT2D eigenvalue weighted by Gasteiger charge is -2.21. The third-order valence-electron chi connectivity index (χ3n) is 5.12. The fraction of sp³-hybridized carbons (Fsp3) is 0.182. The van der Waals surface area contributed by atoms with Gasteiger partial charge in [0.05, 0.1) is 12.1 Å². The number of hydrogen-bond acceptors (Lipinski definition) is 8. The number of aryl methyl sites for hydroxylation is 1. The van der Waals surface area contributed by atoms with E-state index in [0.29, 0.717) is 30.4 Å². The van der Waals surface area contributed by atoms with E-state index >= 15 is 0 Å². The van der Waals surface area contributed by atoms with Crippen LogP contribution < -0.4 is 15.4 Å². The maximum Gasteiger partial charge on any atom is 0.182 e. The van der Waals surface area contributed by atoms with Gasteiger partial charge in [-0.25, -0.2) is 15.0 Å². The maximum absolute atomic E-state index is 9.01. The summed E-state index contributed by atoms with van der Waals surface area (Å²) in [5, 5.41) is 9.53. The third kappa shape index (κ3) is 3.29. The summed E-state index contributed by atoms with van der Waals surface area (Å²) in [4.78, 5) is 16.3. The van der Waals surface area contributed by atoms with Gasteiger partial charge >= 0.3 is 0 Å². The Morgan fingerprint density at radius 1 is 1.17 bits per heavy atom. The second kappa shape index (κ2) is 7.28. The molecule has 30 heavy (non-hydrogen) atoms. The van der Waals surface area contributed by atoms with Crippen LogP contribution in [0.15, 0.2) is 42.7 Å². The second-order valence-corrected chi connectivity index (χ2v) is 8.18. The van der Waals surface area contributed by atoms with Crippen molar-refractivity contribution in [3.8, 4) is 22.9 Å². The Hall–Kier alpha value is -3.70. The molecular weight excluding hydrogens is 396 g/mol. The molecular formula is C22H18N6OS. The number of benzene rings is 1. The first-order valence-electron chi connectivity index (χ1n) is 9.50. The molecule has 4 aromatic rings. The maximum atomic E-state index is 9.01. The number of nitrogen functional groups attached to an aromatic ring is 1. The van der Waals surface area contributed by atoms with Crippen LogP contribution in [0, 0.1) is 18.3 Å². The van der Waals surface area contributed by atoms with E-state index < -0.39 is 0 Å². The van der Waals surface area contributed by atoms with Crippen LogP contribution >= 0.6 is 11.3 Å². The first kappa shape index (κ1) is 18.3. The number of anilines is 2. The molecule has 0 aliphatic carbocycles. The van der Waals surface area contributed by atoms with E-state index in [2.05, 4.69) is 45.0 Å². The summed E-state index contributed by atoms with van der Waals surface area (Å²) < 4.78 is 6.08. The minimum absolute atomic E-state index is 0.520. The lowest BCUT2D eigenvalue weighted by atomic mass is 10.00. The van der Waals surface area contributed by atoms with Crippen LogP contribution in [0.4, 0.5) is 10.9 Å². The van der Waals surface area contributed by atoms with Crippen molar-refractivity contribution >= 4 is 32.6 Å². The number of thiazole rings is 1. The smallest absolute Gasteiger partial charge is 0.182 e. The SMILES string of the molecule is Cc1cc(-c2cnc3sc(N)nc3c2)cc2c1OCCN(c1ccc(C#N)cn1)C2. The summed E-state index contributed by atoms with van der Waals surface area (Å²) in [6.45, 7) is 4.02. The molecule has 7 nitrogen and oxygen atoms in total. The van der Waals surface area contributed by atoms with Crippen LogP contribution in [0.3, 0.4) is 0 Å². The van der Waals surface area contributed by atoms with Gasteiger partial charge in [0.1, 0.15) is 34.6 Å². The van der Waals surface area contributed by atoms with E-state index in [1.54, 1.807) is 12.3 Å². The summed E-state index contributed by atoms with van der Waals surface area (Å²) in [5.74, 6) is 1.75. The quantitative estimate of drug-likeness (QED) is 0.530. The number of nitrogens with two attached hydrogens (primary N) is 1. The normalized spacial score (nSPS) is 13.4. The molecule has 0 atom stereocenters. The molecule has 0 unspecified atom stereocenters. The molecule has 1 aliphatic heterocycles. The topological polar surface area (TPSA) is 101 Å². The van der Waals surface area contributed by atoms with E-state index in [1.165, 1.54) is 11.3 Å². The molecule has 1 aliphatic rings. The van der Waals surface area contributed by atoms with Gasteiger partial charge in [-0.15, -0.1) is 0 Å². The zero-order valence-electron chi connectivity index (χ0n) is 16.3. The fourth-order valence-electron chi connectivity index (χ4n) is 3.71. The van der Waals surface area contributed by atoms with E-state index in [1.807, 2.05) is 18.3 Å². The molecule has 5 rings (SSSR count). The van der Waals surface area contributed by atoms with Crippen molar-refractivity contribution in [3.05, 3.63) is 59.4 Å². The van der Waals surface area contributed by atoms with Crippen molar-refractivity contribution in [2.75, 3.05) is 23.8 Å². The predicted molar refractivity (Wildman–Crippen MR) is 117 cm³/mol. The van der Waals surface area contributed by atoms with E-state index in [9.17, 15) is 0 Å². The van der Waals surface area contributed by atoms with Gasteiger partial charge in [-0.2, -0.15) is 5.26 Å². The van der Waals surface area contributed by atoms with Crippen LogP contribution in [0.5, 0.6) is 5.75 Å². The molecule has 8 heteroatoms. The fourth-order valence-corrected chi connectivity index (χ4v) is 4.37. The summed E-state index contributed by atoms with van der Waals surface area (Å²) in [6.07, 6.45) is 3.46. The van der Waals surface area contributed by atoms with Gasteiger partial charge < -0.3 is 15.4 Å². The van der Waals surface area contributed by atoms with Crippen LogP contribution in [-0.4, -0.2) is 28.1 Å². The second-order valence-electron chi connectivity index (χ2n) is 7.17. The summed E-state index contributed by atoms with van der Waals surface area (Å²) in [7, 11) is 0. The summed E-state index contributed by atoms with van der Waals surface area (Å²) >= 11 is 1.39. The van der Waals surface area contributed by atoms with Crippen LogP contribution in [0.25, 0.3) is 21.5 Å². The van der Waals surface area contributed by atoms with Gasteiger partial charge in [-0.1, -0.05) is 11.3 Å². The van der Waals surface area contributed by atoms with Gasteiger partial charge in [0.25, 0.3) is 0 Å². The van der Waals surface area contributed by atoms with E-state index in [0.717, 1.165) is 44.2 Å². The Morgan fingerprint density at radius 2 is 2.07 bits per heavy atom. The van der Waals surface area contributed by atoms with Crippen molar-refractivity contribution in [3.63, 3.8) is 0 Å². The molecule has 0 fully saturated rings. The zero-order valence-corrected chi connectivity index (χ0v) is 17.1. The van der Waals surface area contributed by atoms with Crippen LogP contribution in [0.1, 0.15) is 16.7 Å². The van der Waals surface area contributed by atoms with Gasteiger partial charge in [0.15, 0.2) is 5.13 Å². The highest BCUT2D eigenvalue weighted by molar-refractivity contribution is 7.21. The molecule has 0 saturated carbocycles. The molecule has 148 valence electrons. The average Bonchev–Trinajstić information content (AvgIpc) is 2.99. The lowest BCUT2D eigenvalue weighted by Crippen LogP contribution is -2.26. The summed E-state index contributed by atoms with van der Waals surface area (Å²) in [6, 6.07) is 12.1. The number of aromatic nitrogens is 3. The first-order valence-corrected chi connectivity index (χ1v) is 10.3. The molecule has 0 spiro atoms. The highest BCUT2D eigenvalue weighted by Crippen LogP contribution is 2.35. The molecule has 0 radical (unpaired) electrons. The minimum atomic E-state index is 0.520. The van der Waals surface area contributed by atoms with Crippen molar-refractivity contribution in [1.29, 1.82) is 5.26 Å². The Labute approximate surface area is 177 Å². The van der Waals surface area contributed by atoms with Crippen LogP contribution in [-0.2, 0) is 6.54 Å². The number of nitriles is 1. The average molecular weight is 414 g/mol. The molecule has 0 amide bonds. The highest BCUT2D eigenvalue weighted by atomic mass is 32.1. The monoisotopic (exact) mass is 414 g/mol. The number of ether oxygens (including phenoxy) is 1. The third-order valence-corrected chi connectivity index (χ3v) is 5.93. The molecule has 2 N–H and O–H groups in total. The Kier molecular flexibility index (Phi) is 4.45. The molecule has 4 heterocycles. The molecule has 0 saturated heterocycles. The van der Waals surface area contributed by atoms with Crippen molar-refractivity contribution in [1.82, 2.24) is 15.0 Å². The minimum Gasteiger partial charge on any atom is -0.491 e. The number of pyridine rings is 2. The number of fused-ring (bicyclic) bond motifs is 2. The van der Waals surface area contributed by atoms with Crippen molar-refractivity contribution in [2.24, 2.45) is 0 Å². The highest BCUT2D eigenvalue weighted by Gasteiger charge is 2.20. The van der Waals surface area contributed by atoms with Crippen LogP contribution in [0.2, 0.25) is 0 Å². The van der Waals surface area contributed by atoms with E-state index in [4.69, 9.17) is 15.7 Å². The van der Waals surface area contributed by atoms with Gasteiger partial charge in [0, 0.05) is 30.1 Å². The Balaban J connectivity index is 1.53. The predicted octanol–water partition coefficient (Wildman–Crippen LogP) is 3.91. The molecule has 1 aromatic carbocycles. The number of rotatable bonds is 2. The first-order chi connectivity index (χ1) is 14.6. The zero-order chi connectivity index (χ0) is 20.7. The molecule has 3 aromatic heterocycles. The number of nitrogens with zero attached hydrogens (tertiary/aromatic N) is 5. The van der Waals surface area contributed by atoms with Gasteiger partial charge in [0.2, 0.25) is 0 Å². The van der Waals surface area contributed by atoms with E-state index in [-0.39, 0.29) is 0 Å². The van der Waals surface area contributed by atoms with Gasteiger partial charge in [-0.05, 0) is 48.4 Å². The lowest BCUT2D eigenvalue weighted by molar-refractivity contribution is 0.329. The Bertz CT molecular complexity index is 1290. The standard InChI is InChI=1S/C22H18N6OS/c1-13-6-15(16-8-18-21(26-11-16)30-22(24)27-18)7-17-12-28(4-5-29-20(13)17)19-3-2-14(9-23)10-25-19/h2-3,6-8,10-11H,4-5,12H2,1H3,(H2,24,27).